The SMILES string of the molecule is COCC1OC(OC)C(O[Si](C)(C)C)C(OC)C1OC. The van der Waals surface area contributed by atoms with E-state index in [1.807, 2.05) is 0 Å². The zero-order chi connectivity index (χ0) is 15.3. The van der Waals surface area contributed by atoms with Gasteiger partial charge in [0.2, 0.25) is 0 Å². The Labute approximate surface area is 122 Å². The number of hydrogen-bond donors (Lipinski definition) is 0. The Morgan fingerprint density at radius 2 is 1.45 bits per heavy atom. The van der Waals surface area contributed by atoms with E-state index in [1.165, 1.54) is 0 Å². The summed E-state index contributed by atoms with van der Waals surface area (Å²) < 4.78 is 33.9. The van der Waals surface area contributed by atoms with Crippen molar-refractivity contribution in [3.05, 3.63) is 0 Å². The highest BCUT2D eigenvalue weighted by molar-refractivity contribution is 6.69. The van der Waals surface area contributed by atoms with E-state index in [2.05, 4.69) is 19.6 Å². The van der Waals surface area contributed by atoms with Gasteiger partial charge in [0.05, 0.1) is 6.61 Å². The van der Waals surface area contributed by atoms with Gasteiger partial charge in [-0.2, -0.15) is 0 Å². The van der Waals surface area contributed by atoms with Gasteiger partial charge in [0.15, 0.2) is 14.6 Å². The van der Waals surface area contributed by atoms with E-state index in [9.17, 15) is 0 Å². The number of ether oxygens (including phenoxy) is 5. The van der Waals surface area contributed by atoms with Crippen LogP contribution >= 0.6 is 0 Å². The predicted molar refractivity (Wildman–Crippen MR) is 77.4 cm³/mol. The molecule has 0 amide bonds. The molecule has 0 spiro atoms. The summed E-state index contributed by atoms with van der Waals surface area (Å²) in [5, 5.41) is 0. The molecular formula is C13H28O6Si. The van der Waals surface area contributed by atoms with E-state index < -0.39 is 14.6 Å². The normalized spacial score (nSPS) is 35.2. The summed E-state index contributed by atoms with van der Waals surface area (Å²) in [7, 11) is 4.76. The third-order valence-electron chi connectivity index (χ3n) is 3.19. The maximum Gasteiger partial charge on any atom is 0.185 e. The lowest BCUT2D eigenvalue weighted by molar-refractivity contribution is -0.298. The minimum Gasteiger partial charge on any atom is -0.407 e. The van der Waals surface area contributed by atoms with Crippen LogP contribution in [0.4, 0.5) is 0 Å². The molecule has 5 atom stereocenters. The second-order valence-electron chi connectivity index (χ2n) is 5.83. The third-order valence-corrected chi connectivity index (χ3v) is 4.17. The van der Waals surface area contributed by atoms with E-state index in [-0.39, 0.29) is 24.4 Å². The first-order chi connectivity index (χ1) is 9.37. The molecule has 0 saturated carbocycles. The molecule has 1 aliphatic heterocycles. The molecule has 0 aromatic heterocycles. The van der Waals surface area contributed by atoms with Gasteiger partial charge in [0.1, 0.15) is 24.4 Å². The highest BCUT2D eigenvalue weighted by Crippen LogP contribution is 2.29. The molecule has 0 aliphatic carbocycles. The quantitative estimate of drug-likeness (QED) is 0.660. The van der Waals surface area contributed by atoms with Crippen LogP contribution in [0.15, 0.2) is 0 Å². The second kappa shape index (κ2) is 7.84. The van der Waals surface area contributed by atoms with Crippen molar-refractivity contribution in [2.75, 3.05) is 35.0 Å². The Hall–Kier alpha value is -0.0231. The van der Waals surface area contributed by atoms with Crippen LogP contribution in [0.25, 0.3) is 0 Å². The fourth-order valence-corrected chi connectivity index (χ4v) is 3.52. The molecule has 1 aliphatic rings. The first kappa shape index (κ1) is 18.0. The average molecular weight is 308 g/mol. The maximum atomic E-state index is 6.19. The van der Waals surface area contributed by atoms with Gasteiger partial charge in [-0.25, -0.2) is 0 Å². The van der Waals surface area contributed by atoms with Crippen LogP contribution in [0.3, 0.4) is 0 Å². The molecule has 5 unspecified atom stereocenters. The number of rotatable bonds is 7. The van der Waals surface area contributed by atoms with Crippen molar-refractivity contribution >= 4 is 8.32 Å². The maximum absolute atomic E-state index is 6.19. The van der Waals surface area contributed by atoms with Gasteiger partial charge in [-0.3, -0.25) is 0 Å². The lowest BCUT2D eigenvalue weighted by Gasteiger charge is -2.46. The molecule has 0 radical (unpaired) electrons. The van der Waals surface area contributed by atoms with Crippen LogP contribution in [-0.2, 0) is 28.1 Å². The van der Waals surface area contributed by atoms with Crippen LogP contribution in [0.5, 0.6) is 0 Å². The highest BCUT2D eigenvalue weighted by Gasteiger charge is 2.48. The van der Waals surface area contributed by atoms with Gasteiger partial charge in [-0.05, 0) is 19.6 Å². The topological polar surface area (TPSA) is 55.4 Å². The van der Waals surface area contributed by atoms with Crippen molar-refractivity contribution < 1.29 is 28.1 Å². The molecule has 7 heteroatoms. The van der Waals surface area contributed by atoms with Crippen molar-refractivity contribution in [2.24, 2.45) is 0 Å². The largest absolute Gasteiger partial charge is 0.407 e. The highest BCUT2D eigenvalue weighted by atomic mass is 28.4. The molecule has 0 aromatic carbocycles. The Morgan fingerprint density at radius 1 is 0.850 bits per heavy atom. The van der Waals surface area contributed by atoms with Gasteiger partial charge in [0, 0.05) is 28.4 Å². The predicted octanol–water partition coefficient (Wildman–Crippen LogP) is 1.25. The lowest BCUT2D eigenvalue weighted by atomic mass is 9.99. The molecule has 1 heterocycles. The van der Waals surface area contributed by atoms with Crippen molar-refractivity contribution in [2.45, 2.75) is 50.3 Å². The molecule has 6 nitrogen and oxygen atoms in total. The minimum absolute atomic E-state index is 0.249. The standard InChI is InChI=1S/C13H28O6Si/c1-14-8-9-10(15-2)11(16-3)12(13(17-4)18-9)19-20(5,6)7/h9-13H,8H2,1-7H3. The van der Waals surface area contributed by atoms with Crippen molar-refractivity contribution in [1.29, 1.82) is 0 Å². The number of hydrogen-bond acceptors (Lipinski definition) is 6. The van der Waals surface area contributed by atoms with E-state index in [0.29, 0.717) is 6.61 Å². The molecule has 1 saturated heterocycles. The zero-order valence-corrected chi connectivity index (χ0v) is 14.5. The van der Waals surface area contributed by atoms with E-state index in [4.69, 9.17) is 28.1 Å². The second-order valence-corrected chi connectivity index (χ2v) is 10.3. The summed E-state index contributed by atoms with van der Waals surface area (Å²) in [4.78, 5) is 0. The molecule has 0 bridgehead atoms. The van der Waals surface area contributed by atoms with Crippen molar-refractivity contribution in [3.8, 4) is 0 Å². The molecule has 120 valence electrons. The first-order valence-electron chi connectivity index (χ1n) is 6.78. The van der Waals surface area contributed by atoms with E-state index >= 15 is 0 Å². The Morgan fingerprint density at radius 3 is 1.85 bits per heavy atom. The van der Waals surface area contributed by atoms with Crippen molar-refractivity contribution in [3.63, 3.8) is 0 Å². The van der Waals surface area contributed by atoms with Gasteiger partial charge in [-0.1, -0.05) is 0 Å². The van der Waals surface area contributed by atoms with Crippen LogP contribution < -0.4 is 0 Å². The Kier molecular flexibility index (Phi) is 7.06. The molecule has 0 N–H and O–H groups in total. The lowest BCUT2D eigenvalue weighted by Crippen LogP contribution is -2.62. The average Bonchev–Trinajstić information content (AvgIpc) is 2.37. The molecule has 1 rings (SSSR count). The van der Waals surface area contributed by atoms with Gasteiger partial charge in [0.25, 0.3) is 0 Å². The smallest absolute Gasteiger partial charge is 0.185 e. The van der Waals surface area contributed by atoms with E-state index in [1.54, 1.807) is 28.4 Å². The summed E-state index contributed by atoms with van der Waals surface area (Å²) in [6.45, 7) is 6.78. The van der Waals surface area contributed by atoms with E-state index in [0.717, 1.165) is 0 Å². The summed E-state index contributed by atoms with van der Waals surface area (Å²) in [5.74, 6) is 0. The van der Waals surface area contributed by atoms with Gasteiger partial charge < -0.3 is 28.1 Å². The molecule has 20 heavy (non-hydrogen) atoms. The summed E-state index contributed by atoms with van der Waals surface area (Å²) in [5.41, 5.74) is 0. The summed E-state index contributed by atoms with van der Waals surface area (Å²) in [6, 6.07) is 0. The minimum atomic E-state index is -1.77. The monoisotopic (exact) mass is 308 g/mol. The third kappa shape index (κ3) is 4.49. The summed E-state index contributed by atoms with van der Waals surface area (Å²) in [6.07, 6.45) is -1.56. The van der Waals surface area contributed by atoms with Crippen LogP contribution in [0.2, 0.25) is 19.6 Å². The fourth-order valence-electron chi connectivity index (χ4n) is 2.45. The van der Waals surface area contributed by atoms with Crippen LogP contribution in [-0.4, -0.2) is 74.1 Å². The van der Waals surface area contributed by atoms with Crippen LogP contribution in [0, 0.1) is 0 Å². The Bertz CT molecular complexity index is 283. The van der Waals surface area contributed by atoms with Crippen LogP contribution in [0.1, 0.15) is 0 Å². The molecule has 0 aromatic rings. The number of methoxy groups -OCH3 is 4. The zero-order valence-electron chi connectivity index (χ0n) is 13.5. The Balaban J connectivity index is 2.95. The molecular weight excluding hydrogens is 280 g/mol. The fraction of sp³-hybridized carbons (Fsp3) is 1.00. The van der Waals surface area contributed by atoms with Gasteiger partial charge >= 0.3 is 0 Å². The summed E-state index contributed by atoms with van der Waals surface area (Å²) >= 11 is 0. The molecule has 1 fully saturated rings. The van der Waals surface area contributed by atoms with Crippen molar-refractivity contribution in [1.82, 2.24) is 0 Å². The first-order valence-corrected chi connectivity index (χ1v) is 10.2. The van der Waals surface area contributed by atoms with Gasteiger partial charge in [-0.15, -0.1) is 0 Å².